The minimum Gasteiger partial charge on any atom is -0.355 e. The second-order valence-electron chi connectivity index (χ2n) is 1.81. The molecule has 0 bridgehead atoms. The first-order valence-corrected chi connectivity index (χ1v) is 4.96. The zero-order chi connectivity index (χ0) is 8.74. The Hall–Kier alpha value is 0.0569. The Bertz CT molecular complexity index is 86.3. The molecule has 0 N–H and O–H groups in total. The number of rotatable bonds is 6. The van der Waals surface area contributed by atoms with E-state index in [-0.39, 0.29) is 0 Å². The van der Waals surface area contributed by atoms with Crippen LogP contribution in [-0.4, -0.2) is 37.0 Å². The topological polar surface area (TPSA) is 36.9 Å². The van der Waals surface area contributed by atoms with E-state index in [0.29, 0.717) is 13.0 Å². The highest BCUT2D eigenvalue weighted by Gasteiger charge is 2.41. The summed E-state index contributed by atoms with van der Waals surface area (Å²) in [6.07, 6.45) is 0.671. The fourth-order valence-electron chi connectivity index (χ4n) is 0.624. The van der Waals surface area contributed by atoms with Crippen molar-refractivity contribution in [3.05, 3.63) is 6.92 Å². The molecule has 0 heterocycles. The lowest BCUT2D eigenvalue weighted by Crippen LogP contribution is -2.46. The van der Waals surface area contributed by atoms with Gasteiger partial charge in [0.15, 0.2) is 0 Å². The highest BCUT2D eigenvalue weighted by Crippen LogP contribution is 2.07. The lowest BCUT2D eigenvalue weighted by atomic mass is 10.5. The molecule has 0 aliphatic heterocycles. The fraction of sp³-hybridized carbons (Fsp3) is 0.833. The van der Waals surface area contributed by atoms with Crippen LogP contribution in [0.4, 0.5) is 0 Å². The van der Waals surface area contributed by atoms with Crippen LogP contribution in [0.5, 0.6) is 0 Å². The highest BCUT2D eigenvalue weighted by atomic mass is 28.4. The molecule has 5 heteroatoms. The van der Waals surface area contributed by atoms with Gasteiger partial charge >= 0.3 is 9.05 Å². The molecular formula is C6H15O4Si. The van der Waals surface area contributed by atoms with Gasteiger partial charge in [-0.2, -0.15) is 0 Å². The first kappa shape index (κ1) is 11.1. The van der Waals surface area contributed by atoms with Crippen LogP contribution in [0, 0.1) is 6.92 Å². The van der Waals surface area contributed by atoms with E-state index in [1.165, 1.54) is 21.3 Å². The second-order valence-corrected chi connectivity index (χ2v) is 4.33. The van der Waals surface area contributed by atoms with Gasteiger partial charge in [-0.15, -0.1) is 0 Å². The Labute approximate surface area is 68.9 Å². The average molecular weight is 179 g/mol. The van der Waals surface area contributed by atoms with E-state index in [2.05, 4.69) is 6.92 Å². The van der Waals surface area contributed by atoms with E-state index in [1.807, 2.05) is 0 Å². The molecule has 0 unspecified atom stereocenters. The molecule has 11 heavy (non-hydrogen) atoms. The summed E-state index contributed by atoms with van der Waals surface area (Å²) >= 11 is 0. The zero-order valence-corrected chi connectivity index (χ0v) is 8.25. The van der Waals surface area contributed by atoms with Gasteiger partial charge in [-0.1, -0.05) is 6.92 Å². The van der Waals surface area contributed by atoms with Crippen LogP contribution < -0.4 is 0 Å². The normalized spacial score (nSPS) is 12.0. The molecule has 1 radical (unpaired) electrons. The van der Waals surface area contributed by atoms with E-state index >= 15 is 0 Å². The van der Waals surface area contributed by atoms with Crippen LogP contribution in [0.1, 0.15) is 6.42 Å². The molecule has 0 aromatic carbocycles. The maximum absolute atomic E-state index is 5.24. The van der Waals surface area contributed by atoms with E-state index in [1.54, 1.807) is 0 Å². The highest BCUT2D eigenvalue weighted by molar-refractivity contribution is 6.53. The number of hydrogen-bond donors (Lipinski definition) is 0. The van der Waals surface area contributed by atoms with Crippen LogP contribution >= 0.6 is 0 Å². The van der Waals surface area contributed by atoms with Crippen molar-refractivity contribution in [2.24, 2.45) is 0 Å². The lowest BCUT2D eigenvalue weighted by molar-refractivity contribution is 0.00698. The molecule has 0 saturated carbocycles. The Morgan fingerprint density at radius 2 is 1.55 bits per heavy atom. The van der Waals surface area contributed by atoms with Gasteiger partial charge in [-0.25, -0.2) is 0 Å². The predicted octanol–water partition coefficient (Wildman–Crippen LogP) is 0.602. The van der Waals surface area contributed by atoms with Gasteiger partial charge in [-0.3, -0.25) is 0 Å². The lowest BCUT2D eigenvalue weighted by Gasteiger charge is -2.22. The molecule has 0 saturated heterocycles. The van der Waals surface area contributed by atoms with Gasteiger partial charge in [0.05, 0.1) is 0 Å². The molecule has 0 rings (SSSR count). The van der Waals surface area contributed by atoms with E-state index in [4.69, 9.17) is 17.7 Å². The minimum atomic E-state index is -2.78. The zero-order valence-electron chi connectivity index (χ0n) is 7.25. The standard InChI is InChI=1S/C6H15O4Si/c1-5-6-10-11(7-2,8-3)9-4/h1,5-6H2,2-4H3. The first-order valence-electron chi connectivity index (χ1n) is 3.33. The first-order chi connectivity index (χ1) is 5.24. The molecule has 0 atom stereocenters. The van der Waals surface area contributed by atoms with Crippen molar-refractivity contribution in [3.8, 4) is 0 Å². The van der Waals surface area contributed by atoms with Crippen molar-refractivity contribution >= 4 is 9.05 Å². The van der Waals surface area contributed by atoms with Crippen molar-refractivity contribution in [1.82, 2.24) is 0 Å². The molecule has 0 aromatic heterocycles. The molecule has 0 aliphatic carbocycles. The van der Waals surface area contributed by atoms with Gasteiger partial charge in [0, 0.05) is 27.9 Å². The van der Waals surface area contributed by atoms with Crippen molar-refractivity contribution in [2.75, 3.05) is 27.9 Å². The predicted molar refractivity (Wildman–Crippen MR) is 42.7 cm³/mol. The maximum atomic E-state index is 5.24. The summed E-state index contributed by atoms with van der Waals surface area (Å²) in [5, 5.41) is 0. The molecule has 0 spiro atoms. The average Bonchev–Trinajstić information content (AvgIpc) is 2.08. The third-order valence-corrected chi connectivity index (χ3v) is 3.23. The molecule has 0 amide bonds. The summed E-state index contributed by atoms with van der Waals surface area (Å²) in [4.78, 5) is 0. The third-order valence-electron chi connectivity index (χ3n) is 1.17. The van der Waals surface area contributed by atoms with Gasteiger partial charge in [0.2, 0.25) is 0 Å². The third kappa shape index (κ3) is 3.30. The van der Waals surface area contributed by atoms with Crippen molar-refractivity contribution in [1.29, 1.82) is 0 Å². The van der Waals surface area contributed by atoms with Crippen molar-refractivity contribution in [2.45, 2.75) is 6.42 Å². The molecule has 0 aromatic rings. The summed E-state index contributed by atoms with van der Waals surface area (Å²) in [7, 11) is 1.73. The van der Waals surface area contributed by atoms with Crippen molar-refractivity contribution < 1.29 is 17.7 Å². The molecule has 67 valence electrons. The quantitative estimate of drug-likeness (QED) is 0.560. The maximum Gasteiger partial charge on any atom is 0.678 e. The monoisotopic (exact) mass is 179 g/mol. The van der Waals surface area contributed by atoms with Gasteiger partial charge < -0.3 is 17.7 Å². The van der Waals surface area contributed by atoms with Crippen LogP contribution in [0.2, 0.25) is 0 Å². The SMILES string of the molecule is [CH2]CCO[Si](OC)(OC)OC. The van der Waals surface area contributed by atoms with E-state index in [0.717, 1.165) is 0 Å². The van der Waals surface area contributed by atoms with Crippen LogP contribution in [0.15, 0.2) is 0 Å². The number of hydrogen-bond acceptors (Lipinski definition) is 4. The molecule has 4 nitrogen and oxygen atoms in total. The van der Waals surface area contributed by atoms with Gasteiger partial charge in [0.25, 0.3) is 0 Å². The smallest absolute Gasteiger partial charge is 0.355 e. The molecular weight excluding hydrogens is 164 g/mol. The Morgan fingerprint density at radius 1 is 1.09 bits per heavy atom. The summed E-state index contributed by atoms with van der Waals surface area (Å²) < 4.78 is 20.2. The Balaban J connectivity index is 3.84. The van der Waals surface area contributed by atoms with Crippen molar-refractivity contribution in [3.63, 3.8) is 0 Å². The van der Waals surface area contributed by atoms with Crippen LogP contribution in [0.25, 0.3) is 0 Å². The second kappa shape index (κ2) is 5.67. The minimum absolute atomic E-state index is 0.488. The van der Waals surface area contributed by atoms with E-state index in [9.17, 15) is 0 Å². The summed E-state index contributed by atoms with van der Waals surface area (Å²) in [5.74, 6) is 0. The largest absolute Gasteiger partial charge is 0.678 e. The van der Waals surface area contributed by atoms with E-state index < -0.39 is 9.05 Å². The van der Waals surface area contributed by atoms with Crippen LogP contribution in [-0.2, 0) is 17.7 Å². The molecule has 0 fully saturated rings. The van der Waals surface area contributed by atoms with Gasteiger partial charge in [0.1, 0.15) is 0 Å². The molecule has 0 aliphatic rings. The van der Waals surface area contributed by atoms with Gasteiger partial charge in [-0.05, 0) is 6.42 Å². The van der Waals surface area contributed by atoms with Crippen LogP contribution in [0.3, 0.4) is 0 Å². The summed E-state index contributed by atoms with van der Waals surface area (Å²) in [6.45, 7) is 4.11. The summed E-state index contributed by atoms with van der Waals surface area (Å²) in [6, 6.07) is 0. The Morgan fingerprint density at radius 3 is 1.82 bits per heavy atom. The summed E-state index contributed by atoms with van der Waals surface area (Å²) in [5.41, 5.74) is 0. The Kier molecular flexibility index (Phi) is 5.70. The fourth-order valence-corrected chi connectivity index (χ4v) is 1.87.